The highest BCUT2D eigenvalue weighted by Crippen LogP contribution is 2.26. The summed E-state index contributed by atoms with van der Waals surface area (Å²) in [5.41, 5.74) is 0.528. The van der Waals surface area contributed by atoms with Crippen molar-refractivity contribution in [2.75, 3.05) is 29.9 Å². The van der Waals surface area contributed by atoms with Crippen molar-refractivity contribution in [3.05, 3.63) is 52.0 Å². The Labute approximate surface area is 169 Å². The van der Waals surface area contributed by atoms with E-state index in [4.69, 9.17) is 9.15 Å². The number of carbonyl (C=O) groups excluding carboxylic acids is 2. The summed E-state index contributed by atoms with van der Waals surface area (Å²) in [5, 5.41) is 15.4. The topological polar surface area (TPSA) is 127 Å². The van der Waals surface area contributed by atoms with Crippen LogP contribution in [0.15, 0.2) is 34.7 Å². The number of ether oxygens (including phenoxy) is 1. The molecule has 12 heteroatoms. The number of nitrogens with one attached hydrogen (secondary N) is 2. The van der Waals surface area contributed by atoms with Gasteiger partial charge in [-0.1, -0.05) is 12.6 Å². The van der Waals surface area contributed by atoms with Crippen LogP contribution in [-0.2, 0) is 11.2 Å². The summed E-state index contributed by atoms with van der Waals surface area (Å²) < 4.78 is 24.6. The summed E-state index contributed by atoms with van der Waals surface area (Å²) in [7, 11) is 0. The lowest BCUT2D eigenvalue weighted by molar-refractivity contribution is -0.402. The zero-order valence-corrected chi connectivity index (χ0v) is 15.9. The molecule has 0 bridgehead atoms. The van der Waals surface area contributed by atoms with Crippen LogP contribution in [0, 0.1) is 15.9 Å². The van der Waals surface area contributed by atoms with Gasteiger partial charge in [0.2, 0.25) is 0 Å². The molecule has 1 aromatic carbocycles. The van der Waals surface area contributed by atoms with E-state index in [0.717, 1.165) is 0 Å². The van der Waals surface area contributed by atoms with Gasteiger partial charge in [-0.05, 0) is 24.3 Å². The molecule has 1 aliphatic rings. The van der Waals surface area contributed by atoms with Gasteiger partial charge in [0.1, 0.15) is 22.6 Å². The Balaban J connectivity index is 1.56. The van der Waals surface area contributed by atoms with Crippen molar-refractivity contribution in [2.24, 2.45) is 0 Å². The molecule has 2 amide bonds. The van der Waals surface area contributed by atoms with Crippen LogP contribution in [0.4, 0.5) is 31.2 Å². The molecule has 2 heterocycles. The molecule has 2 aromatic rings. The Morgan fingerprint density at radius 3 is 2.83 bits per heavy atom. The standard InChI is InChI=1S/C17H17FN4O6S/c18-13-7-10(21-9-12(28-17(21)24)8-20-16(23)29)1-3-14(13)19-6-5-11-2-4-15(27-11)22(25)26/h1-4,7,12,19H,5-6,8-9H2,(H2,20,23,29)/t12-/m0/s1. The molecule has 0 unspecified atom stereocenters. The van der Waals surface area contributed by atoms with E-state index in [2.05, 4.69) is 23.3 Å². The fraction of sp³-hybridized carbons (Fsp3) is 0.294. The van der Waals surface area contributed by atoms with Crippen LogP contribution >= 0.6 is 12.6 Å². The Morgan fingerprint density at radius 2 is 2.17 bits per heavy atom. The number of furan rings is 1. The van der Waals surface area contributed by atoms with E-state index in [1.165, 1.54) is 29.2 Å². The lowest BCUT2D eigenvalue weighted by Gasteiger charge is -2.15. The molecule has 1 atom stereocenters. The average molecular weight is 424 g/mol. The average Bonchev–Trinajstić information content (AvgIpc) is 3.28. The van der Waals surface area contributed by atoms with Gasteiger partial charge in [0.15, 0.2) is 0 Å². The fourth-order valence-electron chi connectivity index (χ4n) is 2.77. The highest BCUT2D eigenvalue weighted by molar-refractivity contribution is 7.96. The third-order valence-electron chi connectivity index (χ3n) is 4.13. The van der Waals surface area contributed by atoms with Crippen LogP contribution in [0.1, 0.15) is 5.76 Å². The first kappa shape index (κ1) is 20.5. The number of cyclic esters (lactones) is 1. The summed E-state index contributed by atoms with van der Waals surface area (Å²) in [4.78, 5) is 34.0. The number of hydrogen-bond acceptors (Lipinski definition) is 7. The summed E-state index contributed by atoms with van der Waals surface area (Å²) >= 11 is 3.58. The lowest BCUT2D eigenvalue weighted by atomic mass is 10.2. The van der Waals surface area contributed by atoms with Crippen molar-refractivity contribution in [1.82, 2.24) is 5.32 Å². The fourth-order valence-corrected chi connectivity index (χ4v) is 2.87. The quantitative estimate of drug-likeness (QED) is 0.338. The number of nitro groups is 1. The van der Waals surface area contributed by atoms with Crippen molar-refractivity contribution in [2.45, 2.75) is 12.5 Å². The number of halogens is 1. The predicted octanol–water partition coefficient (Wildman–Crippen LogP) is 2.95. The van der Waals surface area contributed by atoms with E-state index in [9.17, 15) is 24.1 Å². The van der Waals surface area contributed by atoms with Gasteiger partial charge in [-0.15, -0.1) is 0 Å². The Morgan fingerprint density at radius 1 is 1.38 bits per heavy atom. The van der Waals surface area contributed by atoms with Gasteiger partial charge in [0, 0.05) is 13.0 Å². The van der Waals surface area contributed by atoms with Crippen molar-refractivity contribution in [3.8, 4) is 0 Å². The molecule has 29 heavy (non-hydrogen) atoms. The van der Waals surface area contributed by atoms with E-state index >= 15 is 0 Å². The third-order valence-corrected chi connectivity index (χ3v) is 4.29. The minimum absolute atomic E-state index is 0.109. The Kier molecular flexibility index (Phi) is 6.22. The minimum atomic E-state index is -0.636. The van der Waals surface area contributed by atoms with Crippen molar-refractivity contribution in [1.29, 1.82) is 0 Å². The Bertz CT molecular complexity index is 936. The first-order valence-corrected chi connectivity index (χ1v) is 8.99. The maximum absolute atomic E-state index is 14.4. The molecule has 3 rings (SSSR count). The molecule has 2 N–H and O–H groups in total. The maximum Gasteiger partial charge on any atom is 0.433 e. The molecule has 0 saturated carbocycles. The van der Waals surface area contributed by atoms with E-state index in [0.29, 0.717) is 17.9 Å². The summed E-state index contributed by atoms with van der Waals surface area (Å²) in [6, 6.07) is 6.98. The first-order chi connectivity index (χ1) is 13.8. The van der Waals surface area contributed by atoms with Gasteiger partial charge in [0.05, 0.1) is 30.5 Å². The lowest BCUT2D eigenvalue weighted by Crippen LogP contribution is -2.32. The number of thiol groups is 1. The zero-order chi connectivity index (χ0) is 21.0. The number of carbonyl (C=O) groups is 2. The van der Waals surface area contributed by atoms with Gasteiger partial charge in [-0.25, -0.2) is 9.18 Å². The van der Waals surface area contributed by atoms with Gasteiger partial charge in [0.25, 0.3) is 5.24 Å². The second-order valence-electron chi connectivity index (χ2n) is 6.14. The van der Waals surface area contributed by atoms with Gasteiger partial charge >= 0.3 is 12.0 Å². The smallest absolute Gasteiger partial charge is 0.433 e. The molecule has 0 aliphatic carbocycles. The normalized spacial score (nSPS) is 15.9. The third kappa shape index (κ3) is 5.16. The van der Waals surface area contributed by atoms with Crippen LogP contribution in [0.5, 0.6) is 0 Å². The first-order valence-electron chi connectivity index (χ1n) is 8.55. The number of amides is 2. The summed E-state index contributed by atoms with van der Waals surface area (Å²) in [6.45, 7) is 0.562. The molecule has 0 radical (unpaired) electrons. The van der Waals surface area contributed by atoms with Crippen molar-refractivity contribution in [3.63, 3.8) is 0 Å². The number of anilines is 2. The molecular formula is C17H17FN4O6S. The molecular weight excluding hydrogens is 407 g/mol. The zero-order valence-electron chi connectivity index (χ0n) is 15.0. The monoisotopic (exact) mass is 424 g/mol. The van der Waals surface area contributed by atoms with Crippen molar-refractivity contribution >= 4 is 41.2 Å². The molecule has 1 saturated heterocycles. The van der Waals surface area contributed by atoms with E-state index in [1.54, 1.807) is 6.07 Å². The number of benzene rings is 1. The summed E-state index contributed by atoms with van der Waals surface area (Å²) in [5.74, 6) is -0.520. The van der Waals surface area contributed by atoms with Crippen LogP contribution in [0.25, 0.3) is 0 Å². The molecule has 1 aromatic heterocycles. The Hall–Kier alpha value is -3.28. The minimum Gasteiger partial charge on any atom is -0.442 e. The highest BCUT2D eigenvalue weighted by Gasteiger charge is 2.32. The highest BCUT2D eigenvalue weighted by atomic mass is 32.1. The van der Waals surface area contributed by atoms with Gasteiger partial charge < -0.3 is 19.8 Å². The molecule has 0 spiro atoms. The second-order valence-corrected chi connectivity index (χ2v) is 6.55. The SMILES string of the molecule is O=C(S)NC[C@H]1CN(c2ccc(NCCc3ccc([N+](=O)[O-])o3)c(F)c2)C(=O)O1. The van der Waals surface area contributed by atoms with E-state index in [1.807, 2.05) is 0 Å². The van der Waals surface area contributed by atoms with Crippen LogP contribution in [0.3, 0.4) is 0 Å². The van der Waals surface area contributed by atoms with E-state index in [-0.39, 0.29) is 31.2 Å². The number of nitrogens with zero attached hydrogens (tertiary/aromatic N) is 2. The molecule has 1 fully saturated rings. The largest absolute Gasteiger partial charge is 0.442 e. The molecule has 154 valence electrons. The summed E-state index contributed by atoms with van der Waals surface area (Å²) in [6.07, 6.45) is -0.869. The number of hydrogen-bond donors (Lipinski definition) is 3. The maximum atomic E-state index is 14.4. The van der Waals surface area contributed by atoms with Crippen LogP contribution in [0.2, 0.25) is 0 Å². The van der Waals surface area contributed by atoms with Crippen LogP contribution < -0.4 is 15.5 Å². The second kappa shape index (κ2) is 8.82. The van der Waals surface area contributed by atoms with Crippen molar-refractivity contribution < 1.29 is 28.1 Å². The van der Waals surface area contributed by atoms with Gasteiger partial charge in [-0.3, -0.25) is 19.8 Å². The molecule has 1 aliphatic heterocycles. The van der Waals surface area contributed by atoms with Crippen LogP contribution in [-0.4, -0.2) is 42.0 Å². The number of rotatable bonds is 8. The predicted molar refractivity (Wildman–Crippen MR) is 104 cm³/mol. The van der Waals surface area contributed by atoms with E-state index < -0.39 is 28.2 Å². The van der Waals surface area contributed by atoms with Gasteiger partial charge in [-0.2, -0.15) is 0 Å². The molecule has 10 nitrogen and oxygen atoms in total.